The first-order valence-corrected chi connectivity index (χ1v) is 11.3. The maximum absolute atomic E-state index is 13.0. The minimum Gasteiger partial charge on any atom is -0.491 e. The van der Waals surface area contributed by atoms with Crippen LogP contribution in [0.4, 0.5) is 11.5 Å². The van der Waals surface area contributed by atoms with Gasteiger partial charge in [0.25, 0.3) is 11.8 Å². The number of aromatic nitrogens is 2. The van der Waals surface area contributed by atoms with Crippen molar-refractivity contribution in [3.63, 3.8) is 0 Å². The van der Waals surface area contributed by atoms with Crippen LogP contribution in [0, 0.1) is 0 Å². The van der Waals surface area contributed by atoms with E-state index in [-0.39, 0.29) is 11.4 Å². The average molecular weight is 472 g/mol. The molecule has 0 radical (unpaired) electrons. The van der Waals surface area contributed by atoms with Crippen molar-refractivity contribution < 1.29 is 14.3 Å². The van der Waals surface area contributed by atoms with Crippen molar-refractivity contribution >= 4 is 46.7 Å². The Hall–Kier alpha value is -3.14. The number of carbonyl (C=O) groups is 2. The quantitative estimate of drug-likeness (QED) is 0.320. The topological polar surface area (TPSA) is 105 Å². The van der Waals surface area contributed by atoms with Crippen molar-refractivity contribution in [3.8, 4) is 5.75 Å². The number of likely N-dealkylation sites (N-methyl/N-ethyl adjacent to an activating group) is 1. The lowest BCUT2D eigenvalue weighted by Crippen LogP contribution is -2.21. The van der Waals surface area contributed by atoms with E-state index in [1.807, 2.05) is 25.4 Å². The fourth-order valence-electron chi connectivity index (χ4n) is 2.70. The summed E-state index contributed by atoms with van der Waals surface area (Å²) in [5.74, 6) is -0.150. The van der Waals surface area contributed by atoms with E-state index in [0.717, 1.165) is 4.90 Å². The summed E-state index contributed by atoms with van der Waals surface area (Å²) < 4.78 is 5.79. The van der Waals surface area contributed by atoms with Crippen LogP contribution in [0.3, 0.4) is 0 Å². The van der Waals surface area contributed by atoms with Crippen LogP contribution in [0.5, 0.6) is 5.75 Å². The highest BCUT2D eigenvalue weighted by atomic mass is 35.5. The molecule has 0 bridgehead atoms. The number of anilines is 2. The Morgan fingerprint density at radius 3 is 2.66 bits per heavy atom. The average Bonchev–Trinajstić information content (AvgIpc) is 2.81. The number of nitrogens with zero attached hydrogens (tertiary/aromatic N) is 2. The Bertz CT molecular complexity index is 1100. The fraction of sp³-hybridized carbons (Fsp3) is 0.182. The molecule has 32 heavy (non-hydrogen) atoms. The van der Waals surface area contributed by atoms with Crippen LogP contribution in [0.15, 0.2) is 59.8 Å². The molecule has 2 aromatic heterocycles. The van der Waals surface area contributed by atoms with Crippen molar-refractivity contribution in [1.29, 1.82) is 0 Å². The number of thioether (sulfide) groups is 1. The van der Waals surface area contributed by atoms with Gasteiger partial charge in [0.05, 0.1) is 16.3 Å². The first kappa shape index (κ1) is 23.5. The molecule has 1 aromatic carbocycles. The Morgan fingerprint density at radius 1 is 1.09 bits per heavy atom. The summed E-state index contributed by atoms with van der Waals surface area (Å²) in [5, 5.41) is 8.86. The van der Waals surface area contributed by atoms with Crippen molar-refractivity contribution in [1.82, 2.24) is 15.3 Å². The first-order valence-electron chi connectivity index (χ1n) is 9.66. The van der Waals surface area contributed by atoms with Gasteiger partial charge in [-0.15, -0.1) is 11.8 Å². The molecule has 0 aliphatic carbocycles. The summed E-state index contributed by atoms with van der Waals surface area (Å²) in [6, 6.07) is 11.8. The molecule has 2 heterocycles. The molecule has 10 heteroatoms. The lowest BCUT2D eigenvalue weighted by molar-refractivity contribution is 0.102. The van der Waals surface area contributed by atoms with Crippen LogP contribution in [-0.4, -0.2) is 48.2 Å². The maximum atomic E-state index is 13.0. The normalized spacial score (nSPS) is 10.5. The lowest BCUT2D eigenvalue weighted by atomic mass is 10.1. The van der Waals surface area contributed by atoms with Crippen molar-refractivity contribution in [2.75, 3.05) is 37.1 Å². The molecule has 3 N–H and O–H groups in total. The summed E-state index contributed by atoms with van der Waals surface area (Å²) in [7, 11) is 1.82. The zero-order chi connectivity index (χ0) is 22.9. The van der Waals surface area contributed by atoms with Gasteiger partial charge in [-0.3, -0.25) is 9.59 Å². The van der Waals surface area contributed by atoms with Gasteiger partial charge in [-0.05, 0) is 55.8 Å². The van der Waals surface area contributed by atoms with Gasteiger partial charge in [0.2, 0.25) is 0 Å². The van der Waals surface area contributed by atoms with Crippen molar-refractivity contribution in [2.45, 2.75) is 4.90 Å². The highest BCUT2D eigenvalue weighted by Gasteiger charge is 2.19. The van der Waals surface area contributed by atoms with E-state index in [4.69, 9.17) is 16.3 Å². The van der Waals surface area contributed by atoms with E-state index >= 15 is 0 Å². The number of carbonyl (C=O) groups excluding carboxylic acids is 2. The summed E-state index contributed by atoms with van der Waals surface area (Å²) in [4.78, 5) is 34.9. The van der Waals surface area contributed by atoms with E-state index in [0.29, 0.717) is 35.3 Å². The number of rotatable bonds is 9. The highest BCUT2D eigenvalue weighted by molar-refractivity contribution is 7.98. The Labute approximate surface area is 195 Å². The predicted molar refractivity (Wildman–Crippen MR) is 127 cm³/mol. The summed E-state index contributed by atoms with van der Waals surface area (Å²) in [6.07, 6.45) is 4.84. The number of pyridine rings is 2. The molecule has 2 amide bonds. The van der Waals surface area contributed by atoms with Crippen molar-refractivity contribution in [3.05, 3.63) is 71.1 Å². The standard InChI is InChI=1S/C22H22ClN5O3S/c1-24-10-11-31-18-12-15(32-2)6-7-16(18)21(29)27-17-4-3-9-25-20(17)22(30)28-19-8-5-14(23)13-26-19/h3-9,12-13,24H,10-11H2,1-2H3,(H,27,29)(H,26,28,30). The second-order valence-corrected chi connectivity index (χ2v) is 7.80. The minimum absolute atomic E-state index is 0.0518. The van der Waals surface area contributed by atoms with Gasteiger partial charge in [-0.1, -0.05) is 11.6 Å². The van der Waals surface area contributed by atoms with Gasteiger partial charge >= 0.3 is 0 Å². The van der Waals surface area contributed by atoms with Gasteiger partial charge in [0.15, 0.2) is 5.69 Å². The second kappa shape index (κ2) is 11.5. The van der Waals surface area contributed by atoms with E-state index < -0.39 is 11.8 Å². The van der Waals surface area contributed by atoms with Crippen LogP contribution in [0.25, 0.3) is 0 Å². The smallest absolute Gasteiger partial charge is 0.277 e. The molecule has 0 unspecified atom stereocenters. The lowest BCUT2D eigenvalue weighted by Gasteiger charge is -2.14. The van der Waals surface area contributed by atoms with E-state index in [2.05, 4.69) is 25.9 Å². The van der Waals surface area contributed by atoms with Gasteiger partial charge in [-0.2, -0.15) is 0 Å². The van der Waals surface area contributed by atoms with Gasteiger partial charge in [-0.25, -0.2) is 9.97 Å². The molecule has 0 spiro atoms. The van der Waals surface area contributed by atoms with Crippen molar-refractivity contribution in [2.24, 2.45) is 0 Å². The summed E-state index contributed by atoms with van der Waals surface area (Å²) >= 11 is 7.38. The molecule has 166 valence electrons. The number of benzene rings is 1. The number of ether oxygens (including phenoxy) is 1. The zero-order valence-electron chi connectivity index (χ0n) is 17.5. The minimum atomic E-state index is -0.515. The molecule has 3 aromatic rings. The van der Waals surface area contributed by atoms with E-state index in [9.17, 15) is 9.59 Å². The number of amides is 2. The number of halogens is 1. The van der Waals surface area contributed by atoms with Gasteiger partial charge < -0.3 is 20.7 Å². The largest absolute Gasteiger partial charge is 0.491 e. The molecule has 0 atom stereocenters. The third-order valence-electron chi connectivity index (χ3n) is 4.28. The highest BCUT2D eigenvalue weighted by Crippen LogP contribution is 2.27. The Balaban J connectivity index is 1.81. The molecule has 0 saturated carbocycles. The molecule has 0 aliphatic heterocycles. The SMILES string of the molecule is CNCCOc1cc(SC)ccc1C(=O)Nc1cccnc1C(=O)Nc1ccc(Cl)cn1. The third-order valence-corrected chi connectivity index (χ3v) is 5.23. The first-order chi connectivity index (χ1) is 15.5. The van der Waals surface area contributed by atoms with Crippen LogP contribution < -0.4 is 20.7 Å². The zero-order valence-corrected chi connectivity index (χ0v) is 19.1. The predicted octanol–water partition coefficient (Wildman–Crippen LogP) is 3.95. The van der Waals surface area contributed by atoms with Gasteiger partial charge in [0.1, 0.15) is 18.2 Å². The van der Waals surface area contributed by atoms with Crippen LogP contribution in [0.2, 0.25) is 5.02 Å². The Morgan fingerprint density at radius 2 is 1.94 bits per heavy atom. The van der Waals surface area contributed by atoms with Crippen LogP contribution in [0.1, 0.15) is 20.8 Å². The number of nitrogens with one attached hydrogen (secondary N) is 3. The Kier molecular flexibility index (Phi) is 8.43. The van der Waals surface area contributed by atoms with E-state index in [1.165, 1.54) is 12.4 Å². The summed E-state index contributed by atoms with van der Waals surface area (Å²) in [5.41, 5.74) is 0.670. The molecule has 8 nitrogen and oxygen atoms in total. The molecule has 3 rings (SSSR count). The molecule has 0 fully saturated rings. The summed E-state index contributed by atoms with van der Waals surface area (Å²) in [6.45, 7) is 1.04. The fourth-order valence-corrected chi connectivity index (χ4v) is 3.24. The van der Waals surface area contributed by atoms with Crippen LogP contribution >= 0.6 is 23.4 Å². The monoisotopic (exact) mass is 471 g/mol. The molecular weight excluding hydrogens is 450 g/mol. The molecular formula is C22H22ClN5O3S. The third kappa shape index (κ3) is 6.19. The number of hydrogen-bond donors (Lipinski definition) is 3. The second-order valence-electron chi connectivity index (χ2n) is 6.48. The molecule has 0 saturated heterocycles. The number of hydrogen-bond acceptors (Lipinski definition) is 7. The van der Waals surface area contributed by atoms with E-state index in [1.54, 1.807) is 42.1 Å². The van der Waals surface area contributed by atoms with Crippen LogP contribution in [-0.2, 0) is 0 Å². The maximum Gasteiger partial charge on any atom is 0.277 e. The van der Waals surface area contributed by atoms with Gasteiger partial charge in [0, 0.05) is 23.8 Å². The molecule has 0 aliphatic rings.